The van der Waals surface area contributed by atoms with Gasteiger partial charge in [0.15, 0.2) is 10.1 Å². The normalized spacial score (nSPS) is 18.3. The fourth-order valence-corrected chi connectivity index (χ4v) is 5.22. The van der Waals surface area contributed by atoms with E-state index in [9.17, 15) is 9.00 Å². The smallest absolute Gasteiger partial charge is 0.255 e. The van der Waals surface area contributed by atoms with Crippen molar-refractivity contribution in [2.45, 2.75) is 19.3 Å². The second-order valence-corrected chi connectivity index (χ2v) is 10.5. The first kappa shape index (κ1) is 23.2. The third kappa shape index (κ3) is 5.44. The largest absolute Gasteiger partial charge is 0.496 e. The number of hydrogen-bond donors (Lipinski definition) is 2. The summed E-state index contributed by atoms with van der Waals surface area (Å²) in [6.07, 6.45) is 2.31. The number of benzene rings is 2. The number of ether oxygens (including phenoxy) is 1. The zero-order valence-electron chi connectivity index (χ0n) is 18.5. The molecule has 3 rings (SSSR count). The lowest BCUT2D eigenvalue weighted by molar-refractivity contribution is 0.0890. The highest BCUT2D eigenvalue weighted by molar-refractivity contribution is 7.87. The maximum Gasteiger partial charge on any atom is 0.255 e. The van der Waals surface area contributed by atoms with Crippen LogP contribution in [0.25, 0.3) is 0 Å². The van der Waals surface area contributed by atoms with E-state index < -0.39 is 10.1 Å². The zero-order valence-corrected chi connectivity index (χ0v) is 19.3. The molecule has 2 N–H and O–H groups in total. The fraction of sp³-hybridized carbons (Fsp3) is 0.435. The molecule has 0 radical (unpaired) electrons. The number of carbonyl (C=O) groups excluding carboxylic acids is 1. The van der Waals surface area contributed by atoms with Gasteiger partial charge in [0.2, 0.25) is 0 Å². The second-order valence-electron chi connectivity index (χ2n) is 8.28. The van der Waals surface area contributed by atoms with Crippen molar-refractivity contribution in [1.29, 1.82) is 4.78 Å². The molecular weight excluding hydrogens is 412 g/mol. The Morgan fingerprint density at radius 3 is 2.35 bits per heavy atom. The maximum atomic E-state index is 12.9. The topological polar surface area (TPSA) is 85.7 Å². The lowest BCUT2D eigenvalue weighted by Gasteiger charge is -2.43. The maximum absolute atomic E-state index is 12.9. The Morgan fingerprint density at radius 1 is 1.13 bits per heavy atom. The summed E-state index contributed by atoms with van der Waals surface area (Å²) in [5.41, 5.74) is 1.55. The molecule has 0 aromatic heterocycles. The van der Waals surface area contributed by atoms with Crippen molar-refractivity contribution >= 4 is 16.0 Å². The van der Waals surface area contributed by atoms with E-state index in [0.717, 1.165) is 19.3 Å². The molecular formula is C23H32N4O3S. The molecule has 0 aliphatic carbocycles. The summed E-state index contributed by atoms with van der Waals surface area (Å²) >= 11 is 0. The van der Waals surface area contributed by atoms with Crippen LogP contribution in [0.2, 0.25) is 0 Å². The Morgan fingerprint density at radius 2 is 1.74 bits per heavy atom. The summed E-state index contributed by atoms with van der Waals surface area (Å²) in [5.74, 6) is 0.386. The van der Waals surface area contributed by atoms with E-state index in [2.05, 4.69) is 17.4 Å². The van der Waals surface area contributed by atoms with Crippen molar-refractivity contribution < 1.29 is 13.7 Å². The van der Waals surface area contributed by atoms with Crippen molar-refractivity contribution in [2.24, 2.45) is 5.41 Å². The fourth-order valence-electron chi connectivity index (χ4n) is 4.08. The van der Waals surface area contributed by atoms with E-state index in [4.69, 9.17) is 9.52 Å². The minimum atomic E-state index is -2.94. The van der Waals surface area contributed by atoms with Gasteiger partial charge in [0.05, 0.1) is 12.7 Å². The zero-order chi connectivity index (χ0) is 22.5. The molecule has 1 unspecified atom stereocenters. The van der Waals surface area contributed by atoms with Crippen molar-refractivity contribution in [3.05, 3.63) is 65.7 Å². The Kier molecular flexibility index (Phi) is 7.35. The van der Waals surface area contributed by atoms with Gasteiger partial charge in [-0.05, 0) is 42.4 Å². The molecule has 1 fully saturated rings. The first-order valence-corrected chi connectivity index (χ1v) is 11.9. The van der Waals surface area contributed by atoms with Crippen LogP contribution in [0.1, 0.15) is 28.8 Å². The first-order chi connectivity index (χ1) is 14.8. The predicted octanol–water partition coefficient (Wildman–Crippen LogP) is 3.19. The van der Waals surface area contributed by atoms with Crippen LogP contribution in [0.15, 0.2) is 54.6 Å². The summed E-state index contributed by atoms with van der Waals surface area (Å²) in [5, 5.41) is 3.11. The van der Waals surface area contributed by atoms with Crippen LogP contribution in [-0.2, 0) is 16.5 Å². The van der Waals surface area contributed by atoms with Crippen LogP contribution in [0.4, 0.5) is 0 Å². The Labute approximate surface area is 185 Å². The predicted molar refractivity (Wildman–Crippen MR) is 123 cm³/mol. The third-order valence-corrected chi connectivity index (χ3v) is 8.08. The van der Waals surface area contributed by atoms with Crippen LogP contribution in [-0.4, -0.2) is 59.6 Å². The van der Waals surface area contributed by atoms with E-state index in [1.807, 2.05) is 30.3 Å². The van der Waals surface area contributed by atoms with E-state index in [-0.39, 0.29) is 11.3 Å². The Balaban J connectivity index is 1.77. The monoisotopic (exact) mass is 444 g/mol. The minimum Gasteiger partial charge on any atom is -0.496 e. The molecule has 0 spiro atoms. The van der Waals surface area contributed by atoms with Crippen LogP contribution in [0.5, 0.6) is 5.75 Å². The molecule has 2 aromatic carbocycles. The number of methoxy groups -OCH3 is 1. The highest BCUT2D eigenvalue weighted by atomic mass is 32.2. The van der Waals surface area contributed by atoms with E-state index in [0.29, 0.717) is 30.9 Å². The molecule has 1 aliphatic rings. The number of piperidine rings is 1. The van der Waals surface area contributed by atoms with Gasteiger partial charge in [-0.15, -0.1) is 0 Å². The van der Waals surface area contributed by atoms with Gasteiger partial charge in [0, 0.05) is 33.7 Å². The van der Waals surface area contributed by atoms with Gasteiger partial charge in [-0.3, -0.25) is 4.79 Å². The minimum absolute atomic E-state index is 0.162. The molecule has 0 bridgehead atoms. The standard InChI is InChI=1S/C23H32N4O3S/c1-26(2)31(24,29)27-15-13-23(14-16-27,17-19-9-5-4-6-10-19)18-25-22(28)20-11-7-8-12-21(20)30-3/h4-12,24H,13-18H2,1-3H3,(H,25,28). The molecule has 1 atom stereocenters. The van der Waals surface area contributed by atoms with Gasteiger partial charge in [0.25, 0.3) is 5.91 Å². The summed E-state index contributed by atoms with van der Waals surface area (Å²) < 4.78 is 29.6. The van der Waals surface area contributed by atoms with Gasteiger partial charge in [0.1, 0.15) is 5.75 Å². The van der Waals surface area contributed by atoms with Crippen LogP contribution in [0.3, 0.4) is 0 Å². The average Bonchev–Trinajstić information content (AvgIpc) is 2.78. The van der Waals surface area contributed by atoms with E-state index >= 15 is 0 Å². The second kappa shape index (κ2) is 9.80. The number of amides is 1. The molecule has 168 valence electrons. The van der Waals surface area contributed by atoms with Crippen LogP contribution in [0, 0.1) is 10.2 Å². The van der Waals surface area contributed by atoms with Crippen molar-refractivity contribution in [2.75, 3.05) is 40.8 Å². The van der Waals surface area contributed by atoms with Crippen molar-refractivity contribution in [3.63, 3.8) is 0 Å². The van der Waals surface area contributed by atoms with Gasteiger partial charge < -0.3 is 10.1 Å². The molecule has 7 nitrogen and oxygen atoms in total. The number of rotatable bonds is 8. The summed E-state index contributed by atoms with van der Waals surface area (Å²) in [6.45, 7) is 1.61. The van der Waals surface area contributed by atoms with Gasteiger partial charge in [-0.25, -0.2) is 17.6 Å². The van der Waals surface area contributed by atoms with Crippen molar-refractivity contribution in [3.8, 4) is 5.75 Å². The molecule has 0 saturated carbocycles. The molecule has 1 amide bonds. The van der Waals surface area contributed by atoms with Crippen LogP contribution < -0.4 is 10.1 Å². The number of nitrogens with zero attached hydrogens (tertiary/aromatic N) is 2. The lowest BCUT2D eigenvalue weighted by atomic mass is 9.74. The summed E-state index contributed by atoms with van der Waals surface area (Å²) in [4.78, 5) is 12.9. The lowest BCUT2D eigenvalue weighted by Crippen LogP contribution is -2.50. The van der Waals surface area contributed by atoms with Gasteiger partial charge >= 0.3 is 0 Å². The number of carbonyl (C=O) groups is 1. The molecule has 1 heterocycles. The van der Waals surface area contributed by atoms with E-state index in [1.165, 1.54) is 9.87 Å². The SMILES string of the molecule is COc1ccccc1C(=O)NCC1(Cc2ccccc2)CCN(S(=N)(=O)N(C)C)CC1. The Bertz CT molecular complexity index is 985. The van der Waals surface area contributed by atoms with Crippen LogP contribution >= 0.6 is 0 Å². The molecule has 1 aliphatic heterocycles. The Hall–Kier alpha value is -2.42. The number of nitrogens with one attached hydrogen (secondary N) is 2. The van der Waals surface area contributed by atoms with Gasteiger partial charge in [-0.2, -0.15) is 0 Å². The molecule has 8 heteroatoms. The number of hydrogen-bond acceptors (Lipinski definition) is 4. The summed E-state index contributed by atoms with van der Waals surface area (Å²) in [7, 11) is 1.96. The average molecular weight is 445 g/mol. The number of para-hydroxylation sites is 1. The first-order valence-electron chi connectivity index (χ1n) is 10.4. The highest BCUT2D eigenvalue weighted by Crippen LogP contribution is 2.36. The molecule has 2 aromatic rings. The van der Waals surface area contributed by atoms with Crippen molar-refractivity contribution in [1.82, 2.24) is 13.9 Å². The third-order valence-electron chi connectivity index (χ3n) is 6.03. The molecule has 1 saturated heterocycles. The summed E-state index contributed by atoms with van der Waals surface area (Å²) in [6, 6.07) is 17.4. The van der Waals surface area contributed by atoms with E-state index in [1.54, 1.807) is 37.6 Å². The molecule has 31 heavy (non-hydrogen) atoms. The highest BCUT2D eigenvalue weighted by Gasteiger charge is 2.38. The quantitative estimate of drug-likeness (QED) is 0.656. The van der Waals surface area contributed by atoms with Gasteiger partial charge in [-0.1, -0.05) is 42.5 Å².